The maximum absolute atomic E-state index is 4.55. The summed E-state index contributed by atoms with van der Waals surface area (Å²) in [7, 11) is 0. The van der Waals surface area contributed by atoms with Crippen LogP contribution in [0.1, 0.15) is 32.6 Å². The highest BCUT2D eigenvalue weighted by Gasteiger charge is 2.34. The molecule has 1 aliphatic carbocycles. The van der Waals surface area contributed by atoms with E-state index in [1.807, 2.05) is 0 Å². The molecule has 0 aromatic heterocycles. The van der Waals surface area contributed by atoms with Gasteiger partial charge in [-0.1, -0.05) is 6.92 Å². The van der Waals surface area contributed by atoms with Crippen LogP contribution < -0.4 is 0 Å². The van der Waals surface area contributed by atoms with Gasteiger partial charge in [-0.15, -0.1) is 0 Å². The Kier molecular flexibility index (Phi) is 1.99. The lowest BCUT2D eigenvalue weighted by Crippen LogP contribution is -2.33. The molecule has 1 nitrogen and oxygen atoms in total. The average Bonchev–Trinajstić information content (AvgIpc) is 1.79. The monoisotopic (exact) mass is 141 g/mol. The molecule has 0 radical (unpaired) electrons. The van der Waals surface area contributed by atoms with Crippen molar-refractivity contribution in [1.82, 2.24) is 0 Å². The number of rotatable bonds is 2. The zero-order chi connectivity index (χ0) is 6.74. The van der Waals surface area contributed by atoms with Gasteiger partial charge < -0.3 is 0 Å². The molecule has 0 aromatic rings. The summed E-state index contributed by atoms with van der Waals surface area (Å²) < 4.78 is 0. The van der Waals surface area contributed by atoms with Gasteiger partial charge in [0.1, 0.15) is 0 Å². The minimum atomic E-state index is 0.224. The van der Waals surface area contributed by atoms with E-state index in [2.05, 4.69) is 29.3 Å². The van der Waals surface area contributed by atoms with E-state index in [1.54, 1.807) is 0 Å². The SMILES string of the molecule is CCC1(N=C=S)CCC1. The third-order valence-corrected chi connectivity index (χ3v) is 2.32. The van der Waals surface area contributed by atoms with Gasteiger partial charge in [0, 0.05) is 0 Å². The predicted molar refractivity (Wildman–Crippen MR) is 41.9 cm³/mol. The molecule has 9 heavy (non-hydrogen) atoms. The van der Waals surface area contributed by atoms with Gasteiger partial charge in [0.05, 0.1) is 10.7 Å². The third kappa shape index (κ3) is 1.20. The molecule has 0 bridgehead atoms. The minimum absolute atomic E-state index is 0.224. The second kappa shape index (κ2) is 2.59. The summed E-state index contributed by atoms with van der Waals surface area (Å²) >= 11 is 4.55. The van der Waals surface area contributed by atoms with E-state index in [4.69, 9.17) is 0 Å². The van der Waals surface area contributed by atoms with Crippen molar-refractivity contribution in [1.29, 1.82) is 0 Å². The Hall–Kier alpha value is -0.200. The normalized spacial score (nSPS) is 21.9. The fourth-order valence-electron chi connectivity index (χ4n) is 1.23. The molecule has 50 valence electrons. The molecule has 0 N–H and O–H groups in total. The molecule has 2 heteroatoms. The number of thiocarbonyl (C=S) groups is 1. The summed E-state index contributed by atoms with van der Waals surface area (Å²) in [4.78, 5) is 4.14. The van der Waals surface area contributed by atoms with Crippen LogP contribution >= 0.6 is 12.2 Å². The van der Waals surface area contributed by atoms with Gasteiger partial charge in [-0.05, 0) is 37.9 Å². The Labute approximate surface area is 61.2 Å². The van der Waals surface area contributed by atoms with Crippen LogP contribution in [0.5, 0.6) is 0 Å². The first-order valence-corrected chi connectivity index (χ1v) is 3.83. The summed E-state index contributed by atoms with van der Waals surface area (Å²) in [5.74, 6) is 0. The Bertz CT molecular complexity index is 137. The quantitative estimate of drug-likeness (QED) is 0.425. The van der Waals surface area contributed by atoms with Gasteiger partial charge in [-0.2, -0.15) is 0 Å². The van der Waals surface area contributed by atoms with Gasteiger partial charge in [-0.25, -0.2) is 4.99 Å². The van der Waals surface area contributed by atoms with Crippen LogP contribution in [0.25, 0.3) is 0 Å². The van der Waals surface area contributed by atoms with Gasteiger partial charge in [0.15, 0.2) is 0 Å². The van der Waals surface area contributed by atoms with Crippen molar-refractivity contribution in [3.8, 4) is 0 Å². The average molecular weight is 141 g/mol. The summed E-state index contributed by atoms with van der Waals surface area (Å²) in [5.41, 5.74) is 0.224. The number of isothiocyanates is 1. The molecule has 0 unspecified atom stereocenters. The van der Waals surface area contributed by atoms with Gasteiger partial charge in [-0.3, -0.25) is 0 Å². The largest absolute Gasteiger partial charge is 0.226 e. The first kappa shape index (κ1) is 6.91. The van der Waals surface area contributed by atoms with Crippen LogP contribution in [0.2, 0.25) is 0 Å². The Morgan fingerprint density at radius 1 is 1.67 bits per heavy atom. The molecule has 0 saturated heterocycles. The Morgan fingerprint density at radius 3 is 2.44 bits per heavy atom. The Morgan fingerprint density at radius 2 is 2.33 bits per heavy atom. The van der Waals surface area contributed by atoms with Crippen LogP contribution in [0.4, 0.5) is 0 Å². The van der Waals surface area contributed by atoms with Crippen molar-refractivity contribution in [3.05, 3.63) is 0 Å². The molecular weight excluding hydrogens is 130 g/mol. The molecule has 0 spiro atoms. The molecule has 1 aliphatic rings. The fourth-order valence-corrected chi connectivity index (χ4v) is 1.42. The molecular formula is C7H11NS. The molecule has 0 heterocycles. The zero-order valence-corrected chi connectivity index (χ0v) is 6.50. The molecule has 1 fully saturated rings. The van der Waals surface area contributed by atoms with E-state index < -0.39 is 0 Å². The standard InChI is InChI=1S/C7H11NS/c1-2-7(8-6-9)4-3-5-7/h2-5H2,1H3. The van der Waals surface area contributed by atoms with Crippen LogP contribution in [-0.2, 0) is 0 Å². The third-order valence-electron chi connectivity index (χ3n) is 2.23. The summed E-state index contributed by atoms with van der Waals surface area (Å²) in [6.07, 6.45) is 4.87. The van der Waals surface area contributed by atoms with Crippen LogP contribution in [0.3, 0.4) is 0 Å². The van der Waals surface area contributed by atoms with E-state index in [-0.39, 0.29) is 5.54 Å². The first-order chi connectivity index (χ1) is 4.33. The van der Waals surface area contributed by atoms with E-state index in [0.29, 0.717) is 0 Å². The molecule has 0 atom stereocenters. The highest BCUT2D eigenvalue weighted by atomic mass is 32.1. The minimum Gasteiger partial charge on any atom is -0.226 e. The molecule has 0 aromatic carbocycles. The fraction of sp³-hybridized carbons (Fsp3) is 0.857. The first-order valence-electron chi connectivity index (χ1n) is 3.42. The van der Waals surface area contributed by atoms with Crippen molar-refractivity contribution >= 4 is 17.4 Å². The van der Waals surface area contributed by atoms with Crippen LogP contribution in [0.15, 0.2) is 4.99 Å². The van der Waals surface area contributed by atoms with E-state index >= 15 is 0 Å². The Balaban J connectivity index is 2.56. The van der Waals surface area contributed by atoms with Crippen molar-refractivity contribution in [2.45, 2.75) is 38.1 Å². The zero-order valence-electron chi connectivity index (χ0n) is 5.68. The highest BCUT2D eigenvalue weighted by molar-refractivity contribution is 7.78. The second-order valence-corrected chi connectivity index (χ2v) is 2.82. The lowest BCUT2D eigenvalue weighted by atomic mass is 9.75. The lowest BCUT2D eigenvalue weighted by Gasteiger charge is -2.35. The predicted octanol–water partition coefficient (Wildman–Crippen LogP) is 2.42. The maximum Gasteiger partial charge on any atom is 0.0708 e. The van der Waals surface area contributed by atoms with Crippen LogP contribution in [0, 0.1) is 0 Å². The molecule has 1 saturated carbocycles. The summed E-state index contributed by atoms with van der Waals surface area (Å²) in [6.45, 7) is 2.16. The van der Waals surface area contributed by atoms with Gasteiger partial charge in [0.2, 0.25) is 0 Å². The van der Waals surface area contributed by atoms with Crippen molar-refractivity contribution < 1.29 is 0 Å². The summed E-state index contributed by atoms with van der Waals surface area (Å²) in [6, 6.07) is 0. The van der Waals surface area contributed by atoms with Crippen molar-refractivity contribution in [3.63, 3.8) is 0 Å². The number of aliphatic imine (C=N–C) groups is 1. The maximum atomic E-state index is 4.55. The molecule has 1 rings (SSSR count). The molecule has 0 amide bonds. The van der Waals surface area contributed by atoms with E-state index in [1.165, 1.54) is 19.3 Å². The topological polar surface area (TPSA) is 12.4 Å². The van der Waals surface area contributed by atoms with Crippen molar-refractivity contribution in [2.75, 3.05) is 0 Å². The highest BCUT2D eigenvalue weighted by Crippen LogP contribution is 2.37. The van der Waals surface area contributed by atoms with Gasteiger partial charge in [0.25, 0.3) is 0 Å². The smallest absolute Gasteiger partial charge is 0.0708 e. The summed E-state index contributed by atoms with van der Waals surface area (Å²) in [5, 5.41) is 2.47. The lowest BCUT2D eigenvalue weighted by molar-refractivity contribution is 0.245. The van der Waals surface area contributed by atoms with E-state index in [9.17, 15) is 0 Å². The van der Waals surface area contributed by atoms with Gasteiger partial charge >= 0.3 is 0 Å². The van der Waals surface area contributed by atoms with Crippen LogP contribution in [-0.4, -0.2) is 10.7 Å². The molecule has 0 aliphatic heterocycles. The second-order valence-electron chi connectivity index (χ2n) is 2.63. The van der Waals surface area contributed by atoms with E-state index in [0.717, 1.165) is 6.42 Å². The number of hydrogen-bond donors (Lipinski definition) is 0. The van der Waals surface area contributed by atoms with Crippen molar-refractivity contribution in [2.24, 2.45) is 4.99 Å². The number of nitrogens with zero attached hydrogens (tertiary/aromatic N) is 1. The number of hydrogen-bond acceptors (Lipinski definition) is 2.